The lowest BCUT2D eigenvalue weighted by atomic mass is 9.79. The van der Waals surface area contributed by atoms with Gasteiger partial charge in [-0.3, -0.25) is 4.79 Å². The first kappa shape index (κ1) is 17.5. The Morgan fingerprint density at radius 3 is 2.65 bits per heavy atom. The maximum absolute atomic E-state index is 12.5. The average molecular weight is 322 g/mol. The number of nitrogens with one attached hydrogen (secondary N) is 1. The first-order chi connectivity index (χ1) is 11.1. The fourth-order valence-corrected chi connectivity index (χ4v) is 3.14. The van der Waals surface area contributed by atoms with Gasteiger partial charge in [-0.25, -0.2) is 4.79 Å². The number of hydrogen-bond donors (Lipinski definition) is 1. The summed E-state index contributed by atoms with van der Waals surface area (Å²) in [6, 6.07) is -0.602. The van der Waals surface area contributed by atoms with E-state index in [-0.39, 0.29) is 17.8 Å². The lowest BCUT2D eigenvalue weighted by Crippen LogP contribution is -2.47. The zero-order chi connectivity index (χ0) is 16.8. The number of esters is 1. The Morgan fingerprint density at radius 1 is 1.35 bits per heavy atom. The number of carbonyl (C=O) groups is 2. The molecule has 0 bridgehead atoms. The van der Waals surface area contributed by atoms with Crippen LogP contribution in [0.1, 0.15) is 62.5 Å². The third-order valence-electron chi connectivity index (χ3n) is 4.58. The van der Waals surface area contributed by atoms with Crippen molar-refractivity contribution in [1.29, 1.82) is 0 Å². The van der Waals surface area contributed by atoms with Gasteiger partial charge in [0.2, 0.25) is 0 Å². The SMILES string of the molecule is CCOC(=O)[C@@H](NC(=O)c1conc1CC)C1CCC(C)CC1. The fourth-order valence-electron chi connectivity index (χ4n) is 3.14. The van der Waals surface area contributed by atoms with E-state index in [0.29, 0.717) is 30.2 Å². The maximum atomic E-state index is 12.5. The van der Waals surface area contributed by atoms with Crippen LogP contribution in [0.15, 0.2) is 10.8 Å². The van der Waals surface area contributed by atoms with Crippen molar-refractivity contribution in [2.45, 2.75) is 58.9 Å². The molecule has 128 valence electrons. The molecule has 1 aromatic heterocycles. The minimum Gasteiger partial charge on any atom is -0.464 e. The lowest BCUT2D eigenvalue weighted by Gasteiger charge is -2.31. The summed E-state index contributed by atoms with van der Waals surface area (Å²) in [6.45, 7) is 6.20. The Kier molecular flexibility index (Phi) is 6.19. The Hall–Kier alpha value is -1.85. The number of carbonyl (C=O) groups excluding carboxylic acids is 2. The lowest BCUT2D eigenvalue weighted by molar-refractivity contribution is -0.147. The van der Waals surface area contributed by atoms with Crippen LogP contribution >= 0.6 is 0 Å². The van der Waals surface area contributed by atoms with Crippen LogP contribution in [0.3, 0.4) is 0 Å². The van der Waals surface area contributed by atoms with Crippen LogP contribution in [0.4, 0.5) is 0 Å². The van der Waals surface area contributed by atoms with Gasteiger partial charge >= 0.3 is 5.97 Å². The van der Waals surface area contributed by atoms with Gasteiger partial charge in [-0.15, -0.1) is 0 Å². The topological polar surface area (TPSA) is 81.4 Å². The molecule has 1 heterocycles. The molecule has 0 unspecified atom stereocenters. The Balaban J connectivity index is 2.10. The highest BCUT2D eigenvalue weighted by Gasteiger charge is 2.34. The van der Waals surface area contributed by atoms with Gasteiger partial charge in [0.1, 0.15) is 17.9 Å². The van der Waals surface area contributed by atoms with Crippen LogP contribution in [0.5, 0.6) is 0 Å². The molecule has 0 radical (unpaired) electrons. The van der Waals surface area contributed by atoms with E-state index in [1.807, 2.05) is 6.92 Å². The quantitative estimate of drug-likeness (QED) is 0.814. The predicted octanol–water partition coefficient (Wildman–Crippen LogP) is 2.72. The van der Waals surface area contributed by atoms with Crippen molar-refractivity contribution in [2.75, 3.05) is 6.61 Å². The predicted molar refractivity (Wildman–Crippen MR) is 84.9 cm³/mol. The monoisotopic (exact) mass is 322 g/mol. The molecule has 0 aromatic carbocycles. The highest BCUT2D eigenvalue weighted by Crippen LogP contribution is 2.31. The third-order valence-corrected chi connectivity index (χ3v) is 4.58. The molecule has 6 heteroatoms. The van der Waals surface area contributed by atoms with Crippen LogP contribution in [-0.2, 0) is 16.0 Å². The largest absolute Gasteiger partial charge is 0.464 e. The molecule has 1 aliphatic carbocycles. The summed E-state index contributed by atoms with van der Waals surface area (Å²) in [6.07, 6.45) is 5.93. The van der Waals surface area contributed by atoms with E-state index < -0.39 is 6.04 Å². The summed E-state index contributed by atoms with van der Waals surface area (Å²) < 4.78 is 10.0. The van der Waals surface area contributed by atoms with E-state index in [9.17, 15) is 9.59 Å². The maximum Gasteiger partial charge on any atom is 0.328 e. The minimum absolute atomic E-state index is 0.124. The molecule has 0 aliphatic heterocycles. The normalized spacial score (nSPS) is 22.4. The van der Waals surface area contributed by atoms with Gasteiger partial charge in [0.25, 0.3) is 5.91 Å². The molecule has 0 spiro atoms. The summed E-state index contributed by atoms with van der Waals surface area (Å²) in [5.41, 5.74) is 0.994. The summed E-state index contributed by atoms with van der Waals surface area (Å²) >= 11 is 0. The third kappa shape index (κ3) is 4.33. The average Bonchev–Trinajstić information content (AvgIpc) is 3.02. The molecule has 1 atom stereocenters. The van der Waals surface area contributed by atoms with Crippen LogP contribution in [0, 0.1) is 11.8 Å². The first-order valence-corrected chi connectivity index (χ1v) is 8.47. The smallest absolute Gasteiger partial charge is 0.328 e. The van der Waals surface area contributed by atoms with Crippen LogP contribution in [0.25, 0.3) is 0 Å². The number of rotatable bonds is 6. The summed E-state index contributed by atoms with van der Waals surface area (Å²) in [7, 11) is 0. The second-order valence-electron chi connectivity index (χ2n) is 6.25. The number of aromatic nitrogens is 1. The number of hydrogen-bond acceptors (Lipinski definition) is 5. The number of amides is 1. The zero-order valence-corrected chi connectivity index (χ0v) is 14.1. The molecule has 1 aliphatic rings. The summed E-state index contributed by atoms with van der Waals surface area (Å²) in [5, 5.41) is 6.66. The van der Waals surface area contributed by atoms with Gasteiger partial charge in [0.05, 0.1) is 12.3 Å². The van der Waals surface area contributed by atoms with E-state index in [4.69, 9.17) is 9.26 Å². The van der Waals surface area contributed by atoms with Gasteiger partial charge in [-0.2, -0.15) is 0 Å². The van der Waals surface area contributed by atoms with Crippen molar-refractivity contribution in [3.05, 3.63) is 17.5 Å². The number of ether oxygens (including phenoxy) is 1. The minimum atomic E-state index is -0.602. The summed E-state index contributed by atoms with van der Waals surface area (Å²) in [4.78, 5) is 24.8. The molecule has 2 rings (SSSR count). The fraction of sp³-hybridized carbons (Fsp3) is 0.706. The van der Waals surface area contributed by atoms with Gasteiger partial charge in [-0.05, 0) is 38.0 Å². The van der Waals surface area contributed by atoms with E-state index in [0.717, 1.165) is 25.7 Å². The van der Waals surface area contributed by atoms with Crippen LogP contribution in [0.2, 0.25) is 0 Å². The molecule has 1 fully saturated rings. The van der Waals surface area contributed by atoms with Crippen molar-refractivity contribution in [3.63, 3.8) is 0 Å². The van der Waals surface area contributed by atoms with Crippen molar-refractivity contribution in [1.82, 2.24) is 10.5 Å². The second-order valence-corrected chi connectivity index (χ2v) is 6.25. The van der Waals surface area contributed by atoms with Crippen molar-refractivity contribution in [3.8, 4) is 0 Å². The van der Waals surface area contributed by atoms with E-state index in [2.05, 4.69) is 17.4 Å². The van der Waals surface area contributed by atoms with Crippen LogP contribution in [-0.4, -0.2) is 29.7 Å². The number of aryl methyl sites for hydroxylation is 1. The summed E-state index contributed by atoms with van der Waals surface area (Å²) in [5.74, 6) is 0.128. The second kappa shape index (κ2) is 8.13. The van der Waals surface area contributed by atoms with E-state index in [1.165, 1.54) is 6.26 Å². The molecule has 1 saturated carbocycles. The molecule has 1 aromatic rings. The Labute approximate surface area is 136 Å². The zero-order valence-electron chi connectivity index (χ0n) is 14.1. The molecule has 1 amide bonds. The number of nitrogens with zero attached hydrogens (tertiary/aromatic N) is 1. The van der Waals surface area contributed by atoms with Gasteiger partial charge in [0.15, 0.2) is 0 Å². The van der Waals surface area contributed by atoms with Crippen molar-refractivity contribution < 1.29 is 18.8 Å². The van der Waals surface area contributed by atoms with Crippen molar-refractivity contribution in [2.24, 2.45) is 11.8 Å². The Morgan fingerprint density at radius 2 is 2.04 bits per heavy atom. The highest BCUT2D eigenvalue weighted by molar-refractivity contribution is 5.97. The molecule has 6 nitrogen and oxygen atoms in total. The molecule has 1 N–H and O–H groups in total. The van der Waals surface area contributed by atoms with Gasteiger partial charge in [-0.1, -0.05) is 31.8 Å². The van der Waals surface area contributed by atoms with E-state index >= 15 is 0 Å². The van der Waals surface area contributed by atoms with E-state index in [1.54, 1.807) is 6.92 Å². The van der Waals surface area contributed by atoms with Crippen LogP contribution < -0.4 is 5.32 Å². The first-order valence-electron chi connectivity index (χ1n) is 8.47. The highest BCUT2D eigenvalue weighted by atomic mass is 16.5. The molecular weight excluding hydrogens is 296 g/mol. The molecular formula is C17H26N2O4. The molecule has 0 saturated heterocycles. The van der Waals surface area contributed by atoms with Gasteiger partial charge in [0, 0.05) is 0 Å². The molecule has 23 heavy (non-hydrogen) atoms. The Bertz CT molecular complexity index is 532. The standard InChI is InChI=1S/C17H26N2O4/c1-4-14-13(10-23-19-14)16(20)18-15(17(21)22-5-2)12-8-6-11(3)7-9-12/h10-12,15H,4-9H2,1-3H3,(H,18,20)/t11?,12?,15-/m0/s1. The van der Waals surface area contributed by atoms with Gasteiger partial charge < -0.3 is 14.6 Å². The van der Waals surface area contributed by atoms with Crippen molar-refractivity contribution >= 4 is 11.9 Å².